The van der Waals surface area contributed by atoms with Gasteiger partial charge in [-0.15, -0.1) is 0 Å². The fraction of sp³-hybridized carbons (Fsp3) is 0. The molecule has 0 aliphatic rings. The maximum atomic E-state index is 5.66. The van der Waals surface area contributed by atoms with Crippen molar-refractivity contribution >= 4 is 28.0 Å². The van der Waals surface area contributed by atoms with E-state index in [-0.39, 0.29) is 4.99 Å². The lowest BCUT2D eigenvalue weighted by atomic mass is 10.1. The van der Waals surface area contributed by atoms with Gasteiger partial charge in [0.25, 0.3) is 0 Å². The van der Waals surface area contributed by atoms with Crippen LogP contribution in [0.3, 0.4) is 0 Å². The van der Waals surface area contributed by atoms with E-state index in [9.17, 15) is 0 Å². The third-order valence-corrected chi connectivity index (χ3v) is 2.92. The third-order valence-electron chi connectivity index (χ3n) is 2.74. The minimum Gasteiger partial charge on any atom is -0.387 e. The standard InChI is InChI=1S/C13H10N4S/c14-11(18)13-16-7-8-17(13)12-10-4-2-1-3-9(10)5-6-15-12/h1-8H,(H2,14,18). The van der Waals surface area contributed by atoms with Crippen LogP contribution in [0.25, 0.3) is 16.6 Å². The summed E-state index contributed by atoms with van der Waals surface area (Å²) in [7, 11) is 0. The highest BCUT2D eigenvalue weighted by molar-refractivity contribution is 7.80. The van der Waals surface area contributed by atoms with E-state index in [1.165, 1.54) is 0 Å². The molecule has 2 heterocycles. The van der Waals surface area contributed by atoms with Crippen LogP contribution in [0, 0.1) is 0 Å². The molecule has 0 saturated carbocycles. The molecule has 0 unspecified atom stereocenters. The third kappa shape index (κ3) is 1.65. The minimum absolute atomic E-state index is 0.259. The Labute approximate surface area is 109 Å². The van der Waals surface area contributed by atoms with Crippen molar-refractivity contribution in [3.05, 3.63) is 54.7 Å². The van der Waals surface area contributed by atoms with Crippen LogP contribution in [0.15, 0.2) is 48.9 Å². The highest BCUT2D eigenvalue weighted by Crippen LogP contribution is 2.20. The van der Waals surface area contributed by atoms with Crippen molar-refractivity contribution in [3.8, 4) is 5.82 Å². The second-order valence-electron chi connectivity index (χ2n) is 3.84. The Hall–Kier alpha value is -2.27. The van der Waals surface area contributed by atoms with Crippen LogP contribution < -0.4 is 5.73 Å². The van der Waals surface area contributed by atoms with Crippen molar-refractivity contribution in [1.29, 1.82) is 0 Å². The molecule has 2 N–H and O–H groups in total. The number of hydrogen-bond acceptors (Lipinski definition) is 3. The Morgan fingerprint density at radius 1 is 1.11 bits per heavy atom. The Bertz CT molecular complexity index is 727. The molecule has 0 spiro atoms. The maximum Gasteiger partial charge on any atom is 0.173 e. The monoisotopic (exact) mass is 254 g/mol. The van der Waals surface area contributed by atoms with Crippen LogP contribution in [0.1, 0.15) is 5.82 Å². The first-order valence-electron chi connectivity index (χ1n) is 5.44. The van der Waals surface area contributed by atoms with Crippen molar-refractivity contribution in [3.63, 3.8) is 0 Å². The number of imidazole rings is 1. The van der Waals surface area contributed by atoms with Gasteiger partial charge in [-0.05, 0) is 11.5 Å². The Balaban J connectivity index is 2.32. The van der Waals surface area contributed by atoms with Gasteiger partial charge in [-0.3, -0.25) is 4.57 Å². The molecule has 18 heavy (non-hydrogen) atoms. The molecular formula is C13H10N4S. The summed E-state index contributed by atoms with van der Waals surface area (Å²) >= 11 is 4.99. The molecule has 1 aromatic carbocycles. The average molecular weight is 254 g/mol. The summed E-state index contributed by atoms with van der Waals surface area (Å²) in [5.41, 5.74) is 5.66. The molecule has 0 atom stereocenters. The number of rotatable bonds is 2. The van der Waals surface area contributed by atoms with Crippen molar-refractivity contribution in [1.82, 2.24) is 14.5 Å². The number of aromatic nitrogens is 3. The van der Waals surface area contributed by atoms with E-state index < -0.39 is 0 Å². The molecule has 0 bridgehead atoms. The first-order chi connectivity index (χ1) is 8.77. The fourth-order valence-corrected chi connectivity index (χ4v) is 2.10. The quantitative estimate of drug-likeness (QED) is 0.711. The highest BCUT2D eigenvalue weighted by Gasteiger charge is 2.10. The summed E-state index contributed by atoms with van der Waals surface area (Å²) in [5, 5.41) is 2.15. The van der Waals surface area contributed by atoms with Crippen LogP contribution in [-0.2, 0) is 0 Å². The van der Waals surface area contributed by atoms with Gasteiger partial charge >= 0.3 is 0 Å². The van der Waals surface area contributed by atoms with Gasteiger partial charge in [0, 0.05) is 24.0 Å². The van der Waals surface area contributed by atoms with Crippen LogP contribution in [0.2, 0.25) is 0 Å². The van der Waals surface area contributed by atoms with Crippen molar-refractivity contribution < 1.29 is 0 Å². The Kier molecular flexibility index (Phi) is 2.53. The van der Waals surface area contributed by atoms with Gasteiger partial charge < -0.3 is 5.73 Å². The van der Waals surface area contributed by atoms with Gasteiger partial charge in [0.15, 0.2) is 5.82 Å². The number of thiocarbonyl (C=S) groups is 1. The summed E-state index contributed by atoms with van der Waals surface area (Å²) in [6, 6.07) is 9.99. The Morgan fingerprint density at radius 3 is 2.78 bits per heavy atom. The highest BCUT2D eigenvalue weighted by atomic mass is 32.1. The lowest BCUT2D eigenvalue weighted by molar-refractivity contribution is 0.991. The van der Waals surface area contributed by atoms with Crippen LogP contribution in [0.4, 0.5) is 0 Å². The number of nitrogens with zero attached hydrogens (tertiary/aromatic N) is 3. The molecule has 0 amide bonds. The summed E-state index contributed by atoms with van der Waals surface area (Å²) < 4.78 is 1.81. The SMILES string of the molecule is NC(=S)c1nccn1-c1nccc2ccccc12. The van der Waals surface area contributed by atoms with Crippen molar-refractivity contribution in [2.45, 2.75) is 0 Å². The van der Waals surface area contributed by atoms with E-state index in [1.807, 2.05) is 41.1 Å². The molecule has 3 aromatic rings. The average Bonchev–Trinajstić information content (AvgIpc) is 2.87. The van der Waals surface area contributed by atoms with Crippen molar-refractivity contribution in [2.75, 3.05) is 0 Å². The lowest BCUT2D eigenvalue weighted by Gasteiger charge is -2.08. The van der Waals surface area contributed by atoms with Gasteiger partial charge in [-0.2, -0.15) is 0 Å². The zero-order valence-electron chi connectivity index (χ0n) is 9.45. The number of hydrogen-bond donors (Lipinski definition) is 1. The van der Waals surface area contributed by atoms with Gasteiger partial charge in [0.05, 0.1) is 0 Å². The van der Waals surface area contributed by atoms with E-state index in [0.29, 0.717) is 5.82 Å². The molecule has 4 nitrogen and oxygen atoms in total. The molecule has 0 fully saturated rings. The van der Waals surface area contributed by atoms with E-state index in [0.717, 1.165) is 16.6 Å². The van der Waals surface area contributed by atoms with Gasteiger partial charge in [-0.1, -0.05) is 36.5 Å². The lowest BCUT2D eigenvalue weighted by Crippen LogP contribution is -2.16. The minimum atomic E-state index is 0.259. The second kappa shape index (κ2) is 4.19. The van der Waals surface area contributed by atoms with E-state index >= 15 is 0 Å². The summed E-state index contributed by atoms with van der Waals surface area (Å²) in [6.45, 7) is 0. The van der Waals surface area contributed by atoms with Gasteiger partial charge in [0.1, 0.15) is 10.8 Å². The topological polar surface area (TPSA) is 56.7 Å². The van der Waals surface area contributed by atoms with E-state index in [2.05, 4.69) is 9.97 Å². The van der Waals surface area contributed by atoms with E-state index in [1.54, 1.807) is 12.4 Å². The van der Waals surface area contributed by atoms with Crippen LogP contribution in [-0.4, -0.2) is 19.5 Å². The molecule has 88 valence electrons. The number of pyridine rings is 1. The number of fused-ring (bicyclic) bond motifs is 1. The molecular weight excluding hydrogens is 244 g/mol. The second-order valence-corrected chi connectivity index (χ2v) is 4.28. The van der Waals surface area contributed by atoms with Gasteiger partial charge in [-0.25, -0.2) is 9.97 Å². The first kappa shape index (κ1) is 10.9. The zero-order chi connectivity index (χ0) is 12.5. The molecule has 3 rings (SSSR count). The largest absolute Gasteiger partial charge is 0.387 e. The van der Waals surface area contributed by atoms with E-state index in [4.69, 9.17) is 18.0 Å². The number of benzene rings is 1. The summed E-state index contributed by atoms with van der Waals surface area (Å²) in [6.07, 6.45) is 5.24. The molecule has 2 aromatic heterocycles. The van der Waals surface area contributed by atoms with Crippen LogP contribution >= 0.6 is 12.2 Å². The van der Waals surface area contributed by atoms with Gasteiger partial charge in [0.2, 0.25) is 0 Å². The summed E-state index contributed by atoms with van der Waals surface area (Å²) in [5.74, 6) is 1.34. The predicted octanol–water partition coefficient (Wildman–Crippen LogP) is 2.05. The first-order valence-corrected chi connectivity index (χ1v) is 5.85. The van der Waals surface area contributed by atoms with Crippen molar-refractivity contribution in [2.24, 2.45) is 5.73 Å². The smallest absolute Gasteiger partial charge is 0.173 e. The zero-order valence-corrected chi connectivity index (χ0v) is 10.3. The fourth-order valence-electron chi connectivity index (χ4n) is 1.95. The molecule has 0 aliphatic carbocycles. The molecule has 0 radical (unpaired) electrons. The molecule has 0 saturated heterocycles. The number of nitrogens with two attached hydrogens (primary N) is 1. The predicted molar refractivity (Wildman–Crippen MR) is 74.8 cm³/mol. The summed E-state index contributed by atoms with van der Waals surface area (Å²) in [4.78, 5) is 8.81. The molecule has 5 heteroatoms. The normalized spacial score (nSPS) is 10.7. The maximum absolute atomic E-state index is 5.66. The Morgan fingerprint density at radius 2 is 1.94 bits per heavy atom. The van der Waals surface area contributed by atoms with Crippen LogP contribution in [0.5, 0.6) is 0 Å². The molecule has 0 aliphatic heterocycles.